The van der Waals surface area contributed by atoms with Crippen LogP contribution in [-0.4, -0.2) is 33.0 Å². The number of hydrogen-bond donors (Lipinski definition) is 1. The van der Waals surface area contributed by atoms with Gasteiger partial charge in [0.15, 0.2) is 0 Å². The van der Waals surface area contributed by atoms with Crippen molar-refractivity contribution in [2.75, 3.05) is 26.9 Å². The van der Waals surface area contributed by atoms with Crippen LogP contribution in [0.15, 0.2) is 12.7 Å². The number of ether oxygens (including phenoxy) is 2. The van der Waals surface area contributed by atoms with Crippen molar-refractivity contribution in [1.29, 1.82) is 0 Å². The summed E-state index contributed by atoms with van der Waals surface area (Å²) in [5, 5.41) is 0. The molecule has 0 heterocycles. The lowest BCUT2D eigenvalue weighted by atomic mass is 10.1. The molecule has 0 aliphatic rings. The first-order valence-corrected chi connectivity index (χ1v) is 4.74. The highest BCUT2D eigenvalue weighted by molar-refractivity contribution is 4.68. The molecule has 0 saturated carbocycles. The molecular formula is C10H21NO2. The lowest BCUT2D eigenvalue weighted by Crippen LogP contribution is -2.26. The maximum Gasteiger partial charge on any atom is 0.0701 e. The van der Waals surface area contributed by atoms with Crippen molar-refractivity contribution in [2.24, 2.45) is 5.73 Å². The Labute approximate surface area is 80.9 Å². The van der Waals surface area contributed by atoms with Gasteiger partial charge >= 0.3 is 0 Å². The second-order valence-corrected chi connectivity index (χ2v) is 3.05. The van der Waals surface area contributed by atoms with Crippen LogP contribution in [0.5, 0.6) is 0 Å². The van der Waals surface area contributed by atoms with E-state index in [-0.39, 0.29) is 6.04 Å². The van der Waals surface area contributed by atoms with Crippen molar-refractivity contribution in [3.8, 4) is 0 Å². The minimum atomic E-state index is 0.150. The van der Waals surface area contributed by atoms with Crippen LogP contribution in [0.1, 0.15) is 19.3 Å². The van der Waals surface area contributed by atoms with Gasteiger partial charge in [-0.3, -0.25) is 0 Å². The number of nitrogens with two attached hydrogens (primary N) is 1. The molecule has 0 bridgehead atoms. The number of hydrogen-bond acceptors (Lipinski definition) is 3. The number of allylic oxidation sites excluding steroid dienone is 1. The van der Waals surface area contributed by atoms with Gasteiger partial charge in [0.25, 0.3) is 0 Å². The molecule has 0 aromatic heterocycles. The van der Waals surface area contributed by atoms with Crippen LogP contribution in [0, 0.1) is 0 Å². The third-order valence-corrected chi connectivity index (χ3v) is 1.75. The molecular weight excluding hydrogens is 166 g/mol. The third kappa shape index (κ3) is 9.53. The van der Waals surface area contributed by atoms with Crippen LogP contribution >= 0.6 is 0 Å². The summed E-state index contributed by atoms with van der Waals surface area (Å²) < 4.78 is 10.1. The molecule has 0 rings (SSSR count). The molecule has 78 valence electrons. The highest BCUT2D eigenvalue weighted by Crippen LogP contribution is 1.99. The molecule has 0 aliphatic carbocycles. The first-order valence-electron chi connectivity index (χ1n) is 4.74. The van der Waals surface area contributed by atoms with E-state index in [1.54, 1.807) is 7.11 Å². The summed E-state index contributed by atoms with van der Waals surface area (Å²) in [5.74, 6) is 0. The van der Waals surface area contributed by atoms with Gasteiger partial charge in [0.1, 0.15) is 0 Å². The first kappa shape index (κ1) is 12.6. The fourth-order valence-corrected chi connectivity index (χ4v) is 0.985. The van der Waals surface area contributed by atoms with Crippen molar-refractivity contribution in [1.82, 2.24) is 0 Å². The van der Waals surface area contributed by atoms with Gasteiger partial charge < -0.3 is 15.2 Å². The molecule has 0 spiro atoms. The summed E-state index contributed by atoms with van der Waals surface area (Å²) in [6, 6.07) is 0.150. The Morgan fingerprint density at radius 1 is 1.46 bits per heavy atom. The van der Waals surface area contributed by atoms with Crippen molar-refractivity contribution in [3.63, 3.8) is 0 Å². The molecule has 3 nitrogen and oxygen atoms in total. The van der Waals surface area contributed by atoms with Crippen LogP contribution in [0.2, 0.25) is 0 Å². The van der Waals surface area contributed by atoms with Crippen LogP contribution in [0.3, 0.4) is 0 Å². The Bertz CT molecular complexity index is 117. The summed E-state index contributed by atoms with van der Waals surface area (Å²) >= 11 is 0. The summed E-state index contributed by atoms with van der Waals surface area (Å²) in [5.41, 5.74) is 5.80. The molecule has 0 aliphatic heterocycles. The SMILES string of the molecule is C=CCCCC(N)COCCOC. The molecule has 0 amide bonds. The van der Waals surface area contributed by atoms with Crippen LogP contribution in [0.25, 0.3) is 0 Å². The molecule has 0 fully saturated rings. The zero-order chi connectivity index (χ0) is 9.94. The van der Waals surface area contributed by atoms with Gasteiger partial charge in [-0.2, -0.15) is 0 Å². The largest absolute Gasteiger partial charge is 0.382 e. The van der Waals surface area contributed by atoms with E-state index in [4.69, 9.17) is 15.2 Å². The summed E-state index contributed by atoms with van der Waals surface area (Å²) in [4.78, 5) is 0. The first-order chi connectivity index (χ1) is 6.31. The molecule has 0 aromatic rings. The molecule has 0 saturated heterocycles. The average molecular weight is 187 g/mol. The van der Waals surface area contributed by atoms with Gasteiger partial charge in [-0.25, -0.2) is 0 Å². The minimum absolute atomic E-state index is 0.150. The second kappa shape index (κ2) is 9.71. The lowest BCUT2D eigenvalue weighted by molar-refractivity contribution is 0.0625. The van der Waals surface area contributed by atoms with Crippen molar-refractivity contribution in [2.45, 2.75) is 25.3 Å². The Kier molecular flexibility index (Phi) is 9.42. The average Bonchev–Trinajstić information content (AvgIpc) is 2.13. The summed E-state index contributed by atoms with van der Waals surface area (Å²) in [6.07, 6.45) is 5.04. The molecule has 3 heteroatoms. The molecule has 0 aromatic carbocycles. The lowest BCUT2D eigenvalue weighted by Gasteiger charge is -2.10. The molecule has 0 radical (unpaired) electrons. The van der Waals surface area contributed by atoms with Gasteiger partial charge in [0.05, 0.1) is 19.8 Å². The van der Waals surface area contributed by atoms with Gasteiger partial charge in [-0.15, -0.1) is 6.58 Å². The van der Waals surface area contributed by atoms with Crippen molar-refractivity contribution >= 4 is 0 Å². The highest BCUT2D eigenvalue weighted by atomic mass is 16.5. The predicted molar refractivity (Wildman–Crippen MR) is 54.7 cm³/mol. The Morgan fingerprint density at radius 2 is 2.23 bits per heavy atom. The molecule has 1 atom stereocenters. The van der Waals surface area contributed by atoms with Gasteiger partial charge in [0.2, 0.25) is 0 Å². The fraction of sp³-hybridized carbons (Fsp3) is 0.800. The van der Waals surface area contributed by atoms with E-state index in [1.807, 2.05) is 6.08 Å². The number of unbranched alkanes of at least 4 members (excludes halogenated alkanes) is 1. The van der Waals surface area contributed by atoms with Crippen LogP contribution in [0.4, 0.5) is 0 Å². The van der Waals surface area contributed by atoms with Crippen molar-refractivity contribution in [3.05, 3.63) is 12.7 Å². The maximum atomic E-state index is 5.80. The maximum absolute atomic E-state index is 5.80. The van der Waals surface area contributed by atoms with Gasteiger partial charge in [-0.05, 0) is 19.3 Å². The highest BCUT2D eigenvalue weighted by Gasteiger charge is 2.00. The second-order valence-electron chi connectivity index (χ2n) is 3.05. The quantitative estimate of drug-likeness (QED) is 0.437. The van der Waals surface area contributed by atoms with E-state index >= 15 is 0 Å². The minimum Gasteiger partial charge on any atom is -0.382 e. The normalized spacial score (nSPS) is 12.8. The zero-order valence-corrected chi connectivity index (χ0v) is 8.50. The Balaban J connectivity index is 3.09. The third-order valence-electron chi connectivity index (χ3n) is 1.75. The smallest absolute Gasteiger partial charge is 0.0701 e. The van der Waals surface area contributed by atoms with E-state index in [1.165, 1.54) is 0 Å². The standard InChI is InChI=1S/C10H21NO2/c1-3-4-5-6-10(11)9-13-8-7-12-2/h3,10H,1,4-9,11H2,2H3. The number of rotatable bonds is 9. The van der Waals surface area contributed by atoms with Crippen molar-refractivity contribution < 1.29 is 9.47 Å². The zero-order valence-electron chi connectivity index (χ0n) is 8.50. The Morgan fingerprint density at radius 3 is 2.85 bits per heavy atom. The van der Waals surface area contributed by atoms with E-state index in [9.17, 15) is 0 Å². The molecule has 2 N–H and O–H groups in total. The monoisotopic (exact) mass is 187 g/mol. The summed E-state index contributed by atoms with van der Waals surface area (Å²) in [7, 11) is 1.66. The predicted octanol–water partition coefficient (Wildman–Crippen LogP) is 1.33. The molecule has 1 unspecified atom stereocenters. The van der Waals surface area contributed by atoms with Gasteiger partial charge in [-0.1, -0.05) is 6.08 Å². The fourth-order valence-electron chi connectivity index (χ4n) is 0.985. The summed E-state index contributed by atoms with van der Waals surface area (Å²) in [6.45, 7) is 5.55. The topological polar surface area (TPSA) is 44.5 Å². The van der Waals surface area contributed by atoms with E-state index < -0.39 is 0 Å². The molecule has 13 heavy (non-hydrogen) atoms. The van der Waals surface area contributed by atoms with Gasteiger partial charge in [0, 0.05) is 13.2 Å². The van der Waals surface area contributed by atoms with E-state index in [0.717, 1.165) is 19.3 Å². The van der Waals surface area contributed by atoms with E-state index in [2.05, 4.69) is 6.58 Å². The van der Waals surface area contributed by atoms with Crippen LogP contribution < -0.4 is 5.73 Å². The van der Waals surface area contributed by atoms with Crippen LogP contribution in [-0.2, 0) is 9.47 Å². The number of methoxy groups -OCH3 is 1. The van der Waals surface area contributed by atoms with E-state index in [0.29, 0.717) is 19.8 Å². The Hall–Kier alpha value is -0.380.